The molecule has 0 spiro atoms. The van der Waals surface area contributed by atoms with Gasteiger partial charge in [0.1, 0.15) is 11.6 Å². The zero-order chi connectivity index (χ0) is 15.5. The van der Waals surface area contributed by atoms with Crippen LogP contribution >= 0.6 is 0 Å². The molecule has 1 fully saturated rings. The van der Waals surface area contributed by atoms with E-state index in [2.05, 4.69) is 25.1 Å². The first-order chi connectivity index (χ1) is 10.7. The quantitative estimate of drug-likeness (QED) is 0.840. The molecule has 3 rings (SSSR count). The SMILES string of the molecule is CCc1nc(CN2CCCC[C@@H]2Cn2nc(C)nc2C)no1. The van der Waals surface area contributed by atoms with Crippen LogP contribution in [0.1, 0.15) is 49.6 Å². The fraction of sp³-hybridized carbons (Fsp3) is 0.733. The maximum absolute atomic E-state index is 5.22. The molecule has 0 bridgehead atoms. The highest BCUT2D eigenvalue weighted by Gasteiger charge is 2.25. The van der Waals surface area contributed by atoms with Crippen LogP contribution in [0.2, 0.25) is 0 Å². The van der Waals surface area contributed by atoms with Gasteiger partial charge in [0, 0.05) is 12.5 Å². The summed E-state index contributed by atoms with van der Waals surface area (Å²) in [5.41, 5.74) is 0. The van der Waals surface area contributed by atoms with Gasteiger partial charge in [-0.25, -0.2) is 9.67 Å². The summed E-state index contributed by atoms with van der Waals surface area (Å²) in [6, 6.07) is 0.456. The third-order valence-electron chi connectivity index (χ3n) is 4.25. The number of piperidine rings is 1. The van der Waals surface area contributed by atoms with Gasteiger partial charge < -0.3 is 4.52 Å². The number of likely N-dealkylation sites (tertiary alicyclic amines) is 1. The Bertz CT molecular complexity index is 619. The highest BCUT2D eigenvalue weighted by Crippen LogP contribution is 2.20. The van der Waals surface area contributed by atoms with Gasteiger partial charge in [-0.15, -0.1) is 0 Å². The molecule has 120 valence electrons. The first-order valence-corrected chi connectivity index (χ1v) is 8.09. The molecule has 0 saturated carbocycles. The summed E-state index contributed by atoms with van der Waals surface area (Å²) in [5.74, 6) is 3.32. The van der Waals surface area contributed by atoms with Crippen LogP contribution in [0.25, 0.3) is 0 Å². The molecule has 1 aliphatic rings. The number of hydrogen-bond acceptors (Lipinski definition) is 6. The molecule has 0 radical (unpaired) electrons. The normalized spacial score (nSPS) is 19.7. The van der Waals surface area contributed by atoms with E-state index >= 15 is 0 Å². The summed E-state index contributed by atoms with van der Waals surface area (Å²) in [7, 11) is 0. The standard InChI is InChI=1S/C15H24N6O/c1-4-15-17-14(19-22-15)10-20-8-6-5-7-13(20)9-21-12(3)16-11(2)18-21/h13H,4-10H2,1-3H3/t13-/m1/s1. The molecule has 7 heteroatoms. The highest BCUT2D eigenvalue weighted by molar-refractivity contribution is 4.91. The van der Waals surface area contributed by atoms with Gasteiger partial charge in [-0.3, -0.25) is 4.90 Å². The van der Waals surface area contributed by atoms with Crippen LogP contribution in [-0.4, -0.2) is 42.4 Å². The van der Waals surface area contributed by atoms with Crippen molar-refractivity contribution in [1.29, 1.82) is 0 Å². The van der Waals surface area contributed by atoms with E-state index < -0.39 is 0 Å². The predicted molar refractivity (Wildman–Crippen MR) is 81.2 cm³/mol. The van der Waals surface area contributed by atoms with Crippen molar-refractivity contribution in [2.24, 2.45) is 0 Å². The van der Waals surface area contributed by atoms with E-state index in [1.165, 1.54) is 19.3 Å². The third kappa shape index (κ3) is 3.35. The average Bonchev–Trinajstić information content (AvgIpc) is 3.08. The molecule has 0 unspecified atom stereocenters. The Morgan fingerprint density at radius 1 is 1.23 bits per heavy atom. The maximum Gasteiger partial charge on any atom is 0.226 e. The van der Waals surface area contributed by atoms with E-state index in [4.69, 9.17) is 4.52 Å². The smallest absolute Gasteiger partial charge is 0.226 e. The minimum Gasteiger partial charge on any atom is -0.339 e. The lowest BCUT2D eigenvalue weighted by atomic mass is 10.0. The molecule has 2 aromatic heterocycles. The number of aromatic nitrogens is 5. The van der Waals surface area contributed by atoms with Gasteiger partial charge in [0.2, 0.25) is 5.89 Å². The lowest BCUT2D eigenvalue weighted by Crippen LogP contribution is -2.42. The van der Waals surface area contributed by atoms with E-state index in [-0.39, 0.29) is 0 Å². The monoisotopic (exact) mass is 304 g/mol. The Balaban J connectivity index is 1.69. The van der Waals surface area contributed by atoms with Crippen LogP contribution < -0.4 is 0 Å². The van der Waals surface area contributed by atoms with Crippen LogP contribution in [0.15, 0.2) is 4.52 Å². The Morgan fingerprint density at radius 2 is 2.09 bits per heavy atom. The predicted octanol–water partition coefficient (Wildman–Crippen LogP) is 1.90. The Kier molecular flexibility index (Phi) is 4.52. The Hall–Kier alpha value is -1.76. The maximum atomic E-state index is 5.22. The van der Waals surface area contributed by atoms with Crippen molar-refractivity contribution in [1.82, 2.24) is 29.8 Å². The van der Waals surface area contributed by atoms with Crippen molar-refractivity contribution in [3.63, 3.8) is 0 Å². The average molecular weight is 304 g/mol. The second kappa shape index (κ2) is 6.56. The minimum absolute atomic E-state index is 0.456. The lowest BCUT2D eigenvalue weighted by Gasteiger charge is -2.34. The molecular weight excluding hydrogens is 280 g/mol. The van der Waals surface area contributed by atoms with Gasteiger partial charge in [-0.05, 0) is 33.2 Å². The van der Waals surface area contributed by atoms with E-state index in [0.29, 0.717) is 11.9 Å². The van der Waals surface area contributed by atoms with Crippen molar-refractivity contribution in [2.75, 3.05) is 6.54 Å². The van der Waals surface area contributed by atoms with Gasteiger partial charge in [-0.1, -0.05) is 18.5 Å². The summed E-state index contributed by atoms with van der Waals surface area (Å²) >= 11 is 0. The second-order valence-electron chi connectivity index (χ2n) is 5.97. The summed E-state index contributed by atoms with van der Waals surface area (Å²) < 4.78 is 7.24. The fourth-order valence-electron chi connectivity index (χ4n) is 3.09. The van der Waals surface area contributed by atoms with E-state index in [1.54, 1.807) is 0 Å². The number of nitrogens with zero attached hydrogens (tertiary/aromatic N) is 6. The van der Waals surface area contributed by atoms with Crippen molar-refractivity contribution in [3.8, 4) is 0 Å². The molecule has 0 amide bonds. The molecule has 2 aromatic rings. The molecular formula is C15H24N6O. The number of aryl methyl sites for hydroxylation is 3. The van der Waals surface area contributed by atoms with Crippen LogP contribution in [0.5, 0.6) is 0 Å². The van der Waals surface area contributed by atoms with Gasteiger partial charge >= 0.3 is 0 Å². The van der Waals surface area contributed by atoms with Gasteiger partial charge in [0.05, 0.1) is 13.1 Å². The van der Waals surface area contributed by atoms with Gasteiger partial charge in [0.15, 0.2) is 5.82 Å². The van der Waals surface area contributed by atoms with E-state index in [9.17, 15) is 0 Å². The second-order valence-corrected chi connectivity index (χ2v) is 5.97. The molecule has 7 nitrogen and oxygen atoms in total. The van der Waals surface area contributed by atoms with Crippen LogP contribution in [0.3, 0.4) is 0 Å². The lowest BCUT2D eigenvalue weighted by molar-refractivity contribution is 0.117. The molecule has 3 heterocycles. The third-order valence-corrected chi connectivity index (χ3v) is 4.25. The molecule has 0 aliphatic carbocycles. The molecule has 22 heavy (non-hydrogen) atoms. The summed E-state index contributed by atoms with van der Waals surface area (Å²) in [5, 5.41) is 8.57. The first-order valence-electron chi connectivity index (χ1n) is 8.09. The zero-order valence-corrected chi connectivity index (χ0v) is 13.6. The van der Waals surface area contributed by atoms with Gasteiger partial charge in [-0.2, -0.15) is 10.1 Å². The molecule has 1 atom stereocenters. The van der Waals surface area contributed by atoms with Crippen LogP contribution in [-0.2, 0) is 19.5 Å². The summed E-state index contributed by atoms with van der Waals surface area (Å²) in [6.07, 6.45) is 4.45. The Morgan fingerprint density at radius 3 is 2.77 bits per heavy atom. The molecule has 0 N–H and O–H groups in total. The molecule has 0 aromatic carbocycles. The number of hydrogen-bond donors (Lipinski definition) is 0. The summed E-state index contributed by atoms with van der Waals surface area (Å²) in [4.78, 5) is 11.3. The zero-order valence-electron chi connectivity index (χ0n) is 13.6. The highest BCUT2D eigenvalue weighted by atomic mass is 16.5. The van der Waals surface area contributed by atoms with Crippen LogP contribution in [0, 0.1) is 13.8 Å². The van der Waals surface area contributed by atoms with Crippen molar-refractivity contribution >= 4 is 0 Å². The summed E-state index contributed by atoms with van der Waals surface area (Å²) in [6.45, 7) is 8.68. The minimum atomic E-state index is 0.456. The largest absolute Gasteiger partial charge is 0.339 e. The fourth-order valence-corrected chi connectivity index (χ4v) is 3.09. The topological polar surface area (TPSA) is 72.9 Å². The first kappa shape index (κ1) is 15.1. The van der Waals surface area contributed by atoms with E-state index in [0.717, 1.165) is 43.5 Å². The van der Waals surface area contributed by atoms with Crippen molar-refractivity contribution < 1.29 is 4.52 Å². The van der Waals surface area contributed by atoms with Crippen molar-refractivity contribution in [3.05, 3.63) is 23.4 Å². The van der Waals surface area contributed by atoms with Crippen LogP contribution in [0.4, 0.5) is 0 Å². The number of rotatable bonds is 5. The molecule has 1 saturated heterocycles. The van der Waals surface area contributed by atoms with Gasteiger partial charge in [0.25, 0.3) is 0 Å². The van der Waals surface area contributed by atoms with Crippen molar-refractivity contribution in [2.45, 2.75) is 65.6 Å². The Labute approximate surface area is 130 Å². The van der Waals surface area contributed by atoms with E-state index in [1.807, 2.05) is 25.5 Å². The molecule has 1 aliphatic heterocycles.